The molecule has 0 spiro atoms. The van der Waals surface area contributed by atoms with Crippen molar-refractivity contribution in [1.29, 1.82) is 0 Å². The average Bonchev–Trinajstić information content (AvgIpc) is 2.33. The summed E-state index contributed by atoms with van der Waals surface area (Å²) in [7, 11) is 1.43. The van der Waals surface area contributed by atoms with Gasteiger partial charge in [-0.3, -0.25) is 4.79 Å². The number of halogens is 4. The van der Waals surface area contributed by atoms with Gasteiger partial charge in [-0.1, -0.05) is 13.8 Å². The first-order valence-electron chi connectivity index (χ1n) is 6.39. The zero-order chi connectivity index (χ0) is 15.4. The molecule has 3 nitrogen and oxygen atoms in total. The molecule has 0 radical (unpaired) electrons. The highest BCUT2D eigenvalue weighted by molar-refractivity contribution is 5.94. The number of nitrogens with zero attached hydrogens (tertiary/aromatic N) is 1. The summed E-state index contributed by atoms with van der Waals surface area (Å²) in [6, 6.07) is 0.877. The molecule has 7 heteroatoms. The Balaban J connectivity index is 0.00000400. The normalized spacial score (nSPS) is 12.0. The number of nitrogens with two attached hydrogens (primary N) is 1. The second-order valence-electron chi connectivity index (χ2n) is 5.17. The minimum Gasteiger partial charge on any atom is -0.341 e. The van der Waals surface area contributed by atoms with Gasteiger partial charge in [0, 0.05) is 31.8 Å². The van der Waals surface area contributed by atoms with Crippen LogP contribution in [0.4, 0.5) is 13.2 Å². The molecule has 0 saturated carbocycles. The summed E-state index contributed by atoms with van der Waals surface area (Å²) in [6.07, 6.45) is 0.518. The number of amides is 1. The molecule has 1 aromatic carbocycles. The van der Waals surface area contributed by atoms with E-state index in [-0.39, 0.29) is 30.9 Å². The minimum absolute atomic E-state index is 0. The van der Waals surface area contributed by atoms with E-state index in [0.29, 0.717) is 18.6 Å². The zero-order valence-corrected chi connectivity index (χ0v) is 13.0. The van der Waals surface area contributed by atoms with Crippen LogP contribution in [-0.2, 0) is 0 Å². The fraction of sp³-hybridized carbons (Fsp3) is 0.500. The van der Waals surface area contributed by atoms with Crippen molar-refractivity contribution in [2.24, 2.45) is 11.7 Å². The van der Waals surface area contributed by atoms with E-state index in [1.807, 2.05) is 13.8 Å². The predicted molar refractivity (Wildman–Crippen MR) is 78.0 cm³/mol. The van der Waals surface area contributed by atoms with Gasteiger partial charge in [-0.15, -0.1) is 12.4 Å². The maximum absolute atomic E-state index is 13.5. The lowest BCUT2D eigenvalue weighted by Crippen LogP contribution is -2.35. The van der Waals surface area contributed by atoms with Gasteiger partial charge >= 0.3 is 0 Å². The van der Waals surface area contributed by atoms with Crippen LogP contribution in [-0.4, -0.2) is 30.4 Å². The van der Waals surface area contributed by atoms with E-state index in [1.165, 1.54) is 11.9 Å². The lowest BCUT2D eigenvalue weighted by Gasteiger charge is -2.22. The Labute approximate surface area is 128 Å². The van der Waals surface area contributed by atoms with Crippen molar-refractivity contribution in [2.75, 3.05) is 13.6 Å². The molecule has 0 aliphatic heterocycles. The van der Waals surface area contributed by atoms with Gasteiger partial charge in [0.25, 0.3) is 5.91 Å². The van der Waals surface area contributed by atoms with Crippen molar-refractivity contribution >= 4 is 18.3 Å². The summed E-state index contributed by atoms with van der Waals surface area (Å²) in [5.41, 5.74) is 5.10. The Hall–Kier alpha value is -1.27. The number of carbonyl (C=O) groups excluding carboxylic acids is 1. The van der Waals surface area contributed by atoms with Crippen molar-refractivity contribution in [1.82, 2.24) is 4.90 Å². The van der Waals surface area contributed by atoms with Crippen LogP contribution in [0.3, 0.4) is 0 Å². The molecule has 1 atom stereocenters. The van der Waals surface area contributed by atoms with Gasteiger partial charge in [0.2, 0.25) is 0 Å². The molecular weight excluding hydrogens is 305 g/mol. The largest absolute Gasteiger partial charge is 0.341 e. The SMILES string of the molecule is CC(C)C(N)CCN(C)C(=O)c1c(F)cc(F)cc1F.Cl. The molecular formula is C14H20ClF3N2O. The molecule has 1 amide bonds. The van der Waals surface area contributed by atoms with Crippen LogP contribution in [0.25, 0.3) is 0 Å². The third kappa shape index (κ3) is 5.21. The smallest absolute Gasteiger partial charge is 0.259 e. The Bertz CT molecular complexity index is 474. The Morgan fingerprint density at radius 1 is 1.24 bits per heavy atom. The van der Waals surface area contributed by atoms with E-state index >= 15 is 0 Å². The molecule has 2 N–H and O–H groups in total. The lowest BCUT2D eigenvalue weighted by atomic mass is 10.0. The minimum atomic E-state index is -1.20. The number of hydrogen-bond donors (Lipinski definition) is 1. The van der Waals surface area contributed by atoms with Gasteiger partial charge < -0.3 is 10.6 Å². The van der Waals surface area contributed by atoms with Crippen LogP contribution < -0.4 is 5.73 Å². The quantitative estimate of drug-likeness (QED) is 0.905. The third-order valence-corrected chi connectivity index (χ3v) is 3.22. The number of hydrogen-bond acceptors (Lipinski definition) is 2. The van der Waals surface area contributed by atoms with E-state index in [4.69, 9.17) is 5.73 Å². The summed E-state index contributed by atoms with van der Waals surface area (Å²) in [5.74, 6) is -4.03. The molecule has 120 valence electrons. The van der Waals surface area contributed by atoms with Gasteiger partial charge in [0.05, 0.1) is 0 Å². The van der Waals surface area contributed by atoms with Gasteiger partial charge in [-0.25, -0.2) is 13.2 Å². The Morgan fingerprint density at radius 2 is 1.71 bits per heavy atom. The van der Waals surface area contributed by atoms with Crippen LogP contribution in [0.5, 0.6) is 0 Å². The van der Waals surface area contributed by atoms with Crippen molar-refractivity contribution in [3.05, 3.63) is 35.1 Å². The second-order valence-corrected chi connectivity index (χ2v) is 5.17. The van der Waals surface area contributed by atoms with Gasteiger partial charge in [-0.05, 0) is 12.3 Å². The first kappa shape index (κ1) is 19.7. The molecule has 0 aliphatic carbocycles. The van der Waals surface area contributed by atoms with E-state index in [9.17, 15) is 18.0 Å². The molecule has 0 saturated heterocycles. The fourth-order valence-corrected chi connectivity index (χ4v) is 1.71. The maximum atomic E-state index is 13.5. The van der Waals surface area contributed by atoms with Crippen molar-refractivity contribution in [2.45, 2.75) is 26.3 Å². The summed E-state index contributed by atoms with van der Waals surface area (Å²) in [5, 5.41) is 0. The molecule has 0 heterocycles. The molecule has 1 unspecified atom stereocenters. The zero-order valence-electron chi connectivity index (χ0n) is 12.2. The highest BCUT2D eigenvalue weighted by atomic mass is 35.5. The van der Waals surface area contributed by atoms with Crippen molar-refractivity contribution in [3.63, 3.8) is 0 Å². The predicted octanol–water partition coefficient (Wildman–Crippen LogP) is 2.97. The van der Waals surface area contributed by atoms with E-state index in [0.717, 1.165) is 0 Å². The first-order valence-corrected chi connectivity index (χ1v) is 6.39. The van der Waals surface area contributed by atoms with Gasteiger partial charge in [0.1, 0.15) is 23.0 Å². The van der Waals surface area contributed by atoms with E-state index < -0.39 is 28.9 Å². The first-order chi connectivity index (χ1) is 9.23. The number of carbonyl (C=O) groups is 1. The number of benzene rings is 1. The Morgan fingerprint density at radius 3 is 2.14 bits per heavy atom. The summed E-state index contributed by atoms with van der Waals surface area (Å²) >= 11 is 0. The molecule has 21 heavy (non-hydrogen) atoms. The number of rotatable bonds is 5. The summed E-state index contributed by atoms with van der Waals surface area (Å²) in [6.45, 7) is 4.17. The van der Waals surface area contributed by atoms with Gasteiger partial charge in [-0.2, -0.15) is 0 Å². The topological polar surface area (TPSA) is 46.3 Å². The molecule has 1 aromatic rings. The van der Waals surface area contributed by atoms with Crippen molar-refractivity contribution < 1.29 is 18.0 Å². The van der Waals surface area contributed by atoms with Crippen LogP contribution in [0.1, 0.15) is 30.6 Å². The molecule has 1 rings (SSSR count). The molecule has 0 bridgehead atoms. The second kappa shape index (κ2) is 8.24. The van der Waals surface area contributed by atoms with Crippen LogP contribution in [0, 0.1) is 23.4 Å². The summed E-state index contributed by atoms with van der Waals surface area (Å²) in [4.78, 5) is 13.1. The third-order valence-electron chi connectivity index (χ3n) is 3.22. The monoisotopic (exact) mass is 324 g/mol. The van der Waals surface area contributed by atoms with Crippen molar-refractivity contribution in [3.8, 4) is 0 Å². The molecule has 0 aromatic heterocycles. The standard InChI is InChI=1S/C14H19F3N2O.ClH/c1-8(2)12(18)4-5-19(3)14(20)13-10(16)6-9(15)7-11(13)17;/h6-8,12H,4-5,18H2,1-3H3;1H. The van der Waals surface area contributed by atoms with Gasteiger partial charge in [0.15, 0.2) is 0 Å². The van der Waals surface area contributed by atoms with E-state index in [1.54, 1.807) is 0 Å². The van der Waals surface area contributed by atoms with Crippen LogP contribution in [0.2, 0.25) is 0 Å². The molecule has 0 aliphatic rings. The summed E-state index contributed by atoms with van der Waals surface area (Å²) < 4.78 is 39.8. The Kier molecular flexibility index (Phi) is 7.74. The van der Waals surface area contributed by atoms with E-state index in [2.05, 4.69) is 0 Å². The molecule has 0 fully saturated rings. The lowest BCUT2D eigenvalue weighted by molar-refractivity contribution is 0.0779. The fourth-order valence-electron chi connectivity index (χ4n) is 1.71. The maximum Gasteiger partial charge on any atom is 0.259 e. The average molecular weight is 325 g/mol. The van der Waals surface area contributed by atoms with Crippen LogP contribution >= 0.6 is 12.4 Å². The highest BCUT2D eigenvalue weighted by Crippen LogP contribution is 2.17. The van der Waals surface area contributed by atoms with Crippen LogP contribution in [0.15, 0.2) is 12.1 Å². The highest BCUT2D eigenvalue weighted by Gasteiger charge is 2.22.